The lowest BCUT2D eigenvalue weighted by molar-refractivity contribution is -0.125. The number of alkyl halides is 1. The van der Waals surface area contributed by atoms with E-state index >= 15 is 0 Å². The predicted octanol–water partition coefficient (Wildman–Crippen LogP) is 3.41. The van der Waals surface area contributed by atoms with Gasteiger partial charge in [-0.05, 0) is 52.5 Å². The van der Waals surface area contributed by atoms with Gasteiger partial charge in [-0.1, -0.05) is 28.8 Å². The first kappa shape index (κ1) is 15.9. The summed E-state index contributed by atoms with van der Waals surface area (Å²) in [5.74, 6) is 0.819. The maximum Gasteiger partial charge on any atom is 0.149 e. The Kier molecular flexibility index (Phi) is 5.07. The average Bonchev–Trinajstić information content (AvgIpc) is 2.73. The van der Waals surface area contributed by atoms with Crippen molar-refractivity contribution >= 4 is 21.7 Å². The van der Waals surface area contributed by atoms with Crippen molar-refractivity contribution in [2.75, 3.05) is 13.6 Å². The number of Topliss-reactive ketones (excluding diaryl/α,β-unsaturated/α-hetero) is 1. The molecule has 0 aromatic carbocycles. The number of fused-ring (bicyclic) bond motifs is 1. The van der Waals surface area contributed by atoms with Crippen LogP contribution in [0.25, 0.3) is 0 Å². The molecule has 0 aromatic heterocycles. The number of ketones is 1. The highest BCUT2D eigenvalue weighted by molar-refractivity contribution is 9.09. The first-order chi connectivity index (χ1) is 10.1. The Morgan fingerprint density at radius 3 is 2.33 bits per heavy atom. The van der Waals surface area contributed by atoms with E-state index in [1.54, 1.807) is 0 Å². The highest BCUT2D eigenvalue weighted by Crippen LogP contribution is 2.36. The van der Waals surface area contributed by atoms with Gasteiger partial charge in [-0.3, -0.25) is 14.6 Å². The molecule has 21 heavy (non-hydrogen) atoms. The molecular formula is C17H29BrN2O. The normalized spacial score (nSPS) is 42.0. The second-order valence-electron chi connectivity index (χ2n) is 7.30. The second-order valence-corrected chi connectivity index (χ2v) is 8.60. The zero-order valence-electron chi connectivity index (χ0n) is 13.4. The minimum atomic E-state index is 0.318. The van der Waals surface area contributed by atoms with Crippen molar-refractivity contribution in [1.29, 1.82) is 0 Å². The fourth-order valence-corrected chi connectivity index (χ4v) is 5.20. The molecule has 0 bridgehead atoms. The molecule has 2 aliphatic carbocycles. The van der Waals surface area contributed by atoms with Crippen LogP contribution in [0.5, 0.6) is 0 Å². The van der Waals surface area contributed by atoms with E-state index in [1.807, 2.05) is 0 Å². The first-order valence-electron chi connectivity index (χ1n) is 8.72. The quantitative estimate of drug-likeness (QED) is 0.724. The second kappa shape index (κ2) is 6.67. The largest absolute Gasteiger partial charge is 0.298 e. The molecule has 1 saturated heterocycles. The standard InChI is InChI=1S/C17H29BrN2O/c1-12-19(2)15-5-3-4-6-16(15)20(12)11-17(21)13-7-9-14(18)10-8-13/h12-16H,3-11H2,1-2H3. The number of rotatable bonds is 3. The molecule has 1 aliphatic heterocycles. The lowest BCUT2D eigenvalue weighted by Gasteiger charge is -2.33. The van der Waals surface area contributed by atoms with E-state index in [0.717, 1.165) is 25.7 Å². The van der Waals surface area contributed by atoms with Crippen LogP contribution in [-0.2, 0) is 4.79 Å². The molecule has 3 fully saturated rings. The van der Waals surface area contributed by atoms with Gasteiger partial charge in [-0.15, -0.1) is 0 Å². The number of hydrogen-bond acceptors (Lipinski definition) is 3. The van der Waals surface area contributed by atoms with E-state index in [1.165, 1.54) is 25.7 Å². The molecule has 0 aromatic rings. The molecule has 0 N–H and O–H groups in total. The fourth-order valence-electron chi connectivity index (χ4n) is 4.67. The highest BCUT2D eigenvalue weighted by Gasteiger charge is 2.44. The Hall–Kier alpha value is 0.0700. The molecule has 3 rings (SSSR count). The molecule has 1 heterocycles. The maximum absolute atomic E-state index is 12.7. The van der Waals surface area contributed by atoms with Crippen molar-refractivity contribution < 1.29 is 4.79 Å². The van der Waals surface area contributed by atoms with Crippen LogP contribution < -0.4 is 0 Å². The molecule has 2 saturated carbocycles. The summed E-state index contributed by atoms with van der Waals surface area (Å²) >= 11 is 3.69. The summed E-state index contributed by atoms with van der Waals surface area (Å²) in [4.78, 5) is 18.4. The summed E-state index contributed by atoms with van der Waals surface area (Å²) in [5, 5.41) is 0. The molecule has 3 atom stereocenters. The zero-order chi connectivity index (χ0) is 15.0. The minimum Gasteiger partial charge on any atom is -0.298 e. The van der Waals surface area contributed by atoms with E-state index in [-0.39, 0.29) is 0 Å². The van der Waals surface area contributed by atoms with Crippen molar-refractivity contribution in [2.24, 2.45) is 5.92 Å². The highest BCUT2D eigenvalue weighted by atomic mass is 79.9. The molecule has 3 nitrogen and oxygen atoms in total. The van der Waals surface area contributed by atoms with E-state index in [9.17, 15) is 4.79 Å². The molecule has 120 valence electrons. The minimum absolute atomic E-state index is 0.318. The number of halogens is 1. The summed E-state index contributed by atoms with van der Waals surface area (Å²) in [6.07, 6.45) is 10.2. The summed E-state index contributed by atoms with van der Waals surface area (Å²) in [7, 11) is 2.24. The van der Waals surface area contributed by atoms with Crippen LogP contribution in [0.1, 0.15) is 58.3 Å². The molecule has 0 spiro atoms. The smallest absolute Gasteiger partial charge is 0.149 e. The monoisotopic (exact) mass is 356 g/mol. The van der Waals surface area contributed by atoms with Gasteiger partial charge >= 0.3 is 0 Å². The van der Waals surface area contributed by atoms with Crippen LogP contribution in [0, 0.1) is 5.92 Å². The molecule has 3 aliphatic rings. The number of carbonyl (C=O) groups excluding carboxylic acids is 1. The molecular weight excluding hydrogens is 328 g/mol. The molecule has 0 radical (unpaired) electrons. The Labute approximate surface area is 137 Å². The first-order valence-corrected chi connectivity index (χ1v) is 9.64. The number of hydrogen-bond donors (Lipinski definition) is 0. The third-order valence-corrected chi connectivity index (χ3v) is 7.08. The van der Waals surface area contributed by atoms with Gasteiger partial charge in [0.2, 0.25) is 0 Å². The average molecular weight is 357 g/mol. The van der Waals surface area contributed by atoms with E-state index in [4.69, 9.17) is 0 Å². The Morgan fingerprint density at radius 1 is 1.05 bits per heavy atom. The topological polar surface area (TPSA) is 23.6 Å². The van der Waals surface area contributed by atoms with Gasteiger partial charge in [0.15, 0.2) is 0 Å². The third kappa shape index (κ3) is 3.23. The molecule has 0 amide bonds. The molecule has 4 heteroatoms. The van der Waals surface area contributed by atoms with Gasteiger partial charge < -0.3 is 0 Å². The van der Waals surface area contributed by atoms with Crippen LogP contribution in [0.15, 0.2) is 0 Å². The molecule has 3 unspecified atom stereocenters. The van der Waals surface area contributed by atoms with Gasteiger partial charge in [0.1, 0.15) is 5.78 Å². The summed E-state index contributed by atoms with van der Waals surface area (Å²) < 4.78 is 0. The van der Waals surface area contributed by atoms with E-state index < -0.39 is 0 Å². The lowest BCUT2D eigenvalue weighted by Crippen LogP contribution is -2.44. The van der Waals surface area contributed by atoms with E-state index in [2.05, 4.69) is 39.7 Å². The predicted molar refractivity (Wildman–Crippen MR) is 89.7 cm³/mol. The van der Waals surface area contributed by atoms with Crippen molar-refractivity contribution in [2.45, 2.75) is 81.4 Å². The van der Waals surface area contributed by atoms with Gasteiger partial charge in [0, 0.05) is 22.8 Å². The van der Waals surface area contributed by atoms with Gasteiger partial charge in [0.05, 0.1) is 12.7 Å². The van der Waals surface area contributed by atoms with Gasteiger partial charge in [0.25, 0.3) is 0 Å². The summed E-state index contributed by atoms with van der Waals surface area (Å²) in [6, 6.07) is 1.30. The van der Waals surface area contributed by atoms with Crippen LogP contribution in [-0.4, -0.2) is 52.3 Å². The van der Waals surface area contributed by atoms with Crippen LogP contribution in [0.3, 0.4) is 0 Å². The number of carbonyl (C=O) groups is 1. The van der Waals surface area contributed by atoms with Crippen molar-refractivity contribution in [3.8, 4) is 0 Å². The SMILES string of the molecule is CC1N(C)C2CCCCC2N1CC(=O)C1CCC(Br)CC1. The van der Waals surface area contributed by atoms with Crippen LogP contribution >= 0.6 is 15.9 Å². The Bertz CT molecular complexity index is 381. The summed E-state index contributed by atoms with van der Waals surface area (Å²) in [6.45, 7) is 2.96. The van der Waals surface area contributed by atoms with Crippen molar-refractivity contribution in [3.63, 3.8) is 0 Å². The summed E-state index contributed by atoms with van der Waals surface area (Å²) in [5.41, 5.74) is 0. The Morgan fingerprint density at radius 2 is 1.67 bits per heavy atom. The lowest BCUT2D eigenvalue weighted by atomic mass is 9.85. The van der Waals surface area contributed by atoms with Gasteiger partial charge in [-0.2, -0.15) is 0 Å². The Balaban J connectivity index is 1.62. The van der Waals surface area contributed by atoms with Crippen LogP contribution in [0.4, 0.5) is 0 Å². The third-order valence-electron chi connectivity index (χ3n) is 6.16. The van der Waals surface area contributed by atoms with Crippen molar-refractivity contribution in [3.05, 3.63) is 0 Å². The van der Waals surface area contributed by atoms with Gasteiger partial charge in [-0.25, -0.2) is 0 Å². The number of nitrogens with zero attached hydrogens (tertiary/aromatic N) is 2. The number of likely N-dealkylation sites (N-methyl/N-ethyl adjacent to an activating group) is 1. The van der Waals surface area contributed by atoms with E-state index in [0.29, 0.717) is 41.3 Å². The zero-order valence-corrected chi connectivity index (χ0v) is 15.0. The van der Waals surface area contributed by atoms with Crippen molar-refractivity contribution in [1.82, 2.24) is 9.80 Å². The maximum atomic E-state index is 12.7. The van der Waals surface area contributed by atoms with Crippen LogP contribution in [0.2, 0.25) is 0 Å². The fraction of sp³-hybridized carbons (Fsp3) is 0.941.